The van der Waals surface area contributed by atoms with Crippen LogP contribution in [0.4, 0.5) is 0 Å². The summed E-state index contributed by atoms with van der Waals surface area (Å²) in [6, 6.07) is 5.72. The molecule has 0 aliphatic heterocycles. The van der Waals surface area contributed by atoms with Crippen molar-refractivity contribution in [1.82, 2.24) is 4.98 Å². The van der Waals surface area contributed by atoms with E-state index in [-0.39, 0.29) is 11.6 Å². The van der Waals surface area contributed by atoms with Gasteiger partial charge in [-0.15, -0.1) is 0 Å². The highest BCUT2D eigenvalue weighted by Gasteiger charge is 2.10. The van der Waals surface area contributed by atoms with Crippen molar-refractivity contribution < 1.29 is 4.74 Å². The quantitative estimate of drug-likeness (QED) is 0.866. The molecule has 1 atom stereocenters. The highest BCUT2D eigenvalue weighted by atomic mass is 16.5. The Hall–Kier alpha value is -1.81. The van der Waals surface area contributed by atoms with Crippen LogP contribution in [0.5, 0.6) is 5.75 Å². The van der Waals surface area contributed by atoms with Crippen LogP contribution in [0.1, 0.15) is 18.1 Å². The smallest absolute Gasteiger partial charge is 0.251 e. The van der Waals surface area contributed by atoms with E-state index < -0.39 is 0 Å². The third-order valence-electron chi connectivity index (χ3n) is 3.04. The molecular formula is C14H18N2O2. The Labute approximate surface area is 106 Å². The van der Waals surface area contributed by atoms with Gasteiger partial charge in [-0.1, -0.05) is 6.07 Å². The van der Waals surface area contributed by atoms with E-state index >= 15 is 0 Å². The fourth-order valence-electron chi connectivity index (χ4n) is 2.12. The van der Waals surface area contributed by atoms with E-state index in [1.54, 1.807) is 7.11 Å². The maximum atomic E-state index is 12.0. The molecule has 1 aromatic carbocycles. The average molecular weight is 246 g/mol. The number of hydrogen-bond acceptors (Lipinski definition) is 3. The first kappa shape index (κ1) is 12.6. The predicted octanol–water partition coefficient (Wildman–Crippen LogP) is 1.73. The number of ether oxygens (including phenoxy) is 1. The summed E-state index contributed by atoms with van der Waals surface area (Å²) in [7, 11) is 1.60. The molecule has 4 heteroatoms. The van der Waals surface area contributed by atoms with Crippen molar-refractivity contribution in [1.29, 1.82) is 0 Å². The molecule has 1 unspecified atom stereocenters. The van der Waals surface area contributed by atoms with E-state index in [0.29, 0.717) is 17.7 Å². The average Bonchev–Trinajstić information content (AvgIpc) is 2.31. The number of benzene rings is 1. The second-order valence-electron chi connectivity index (χ2n) is 4.68. The molecule has 4 nitrogen and oxygen atoms in total. The van der Waals surface area contributed by atoms with Crippen LogP contribution in [0.25, 0.3) is 10.9 Å². The second kappa shape index (κ2) is 4.82. The minimum Gasteiger partial charge on any atom is -0.495 e. The van der Waals surface area contributed by atoms with Gasteiger partial charge in [0, 0.05) is 17.0 Å². The Morgan fingerprint density at radius 2 is 2.17 bits per heavy atom. The summed E-state index contributed by atoms with van der Waals surface area (Å²) in [6.45, 7) is 3.90. The molecule has 1 aromatic heterocycles. The molecule has 3 N–H and O–H groups in total. The number of hydrogen-bond donors (Lipinski definition) is 2. The minimum atomic E-state index is -0.0938. The zero-order valence-corrected chi connectivity index (χ0v) is 10.9. The standard InChI is InChI=1S/C14H18N2O2/c1-8-4-5-12(18-3)13-11(8)7-10(6-9(2)15)14(17)16-13/h4-5,7,9H,6,15H2,1-3H3,(H,16,17). The van der Waals surface area contributed by atoms with Gasteiger partial charge in [0.2, 0.25) is 0 Å². The molecule has 96 valence electrons. The van der Waals surface area contributed by atoms with Crippen molar-refractivity contribution >= 4 is 10.9 Å². The van der Waals surface area contributed by atoms with E-state index in [9.17, 15) is 4.79 Å². The Balaban J connectivity index is 2.71. The zero-order valence-electron chi connectivity index (χ0n) is 10.9. The molecule has 2 rings (SSSR count). The van der Waals surface area contributed by atoms with E-state index in [1.165, 1.54) is 0 Å². The number of aromatic amines is 1. The Morgan fingerprint density at radius 1 is 1.44 bits per heavy atom. The lowest BCUT2D eigenvalue weighted by atomic mass is 10.0. The number of nitrogens with two attached hydrogens (primary N) is 1. The van der Waals surface area contributed by atoms with Crippen LogP contribution in [-0.4, -0.2) is 18.1 Å². The van der Waals surface area contributed by atoms with E-state index in [1.807, 2.05) is 32.0 Å². The number of methoxy groups -OCH3 is 1. The number of rotatable bonds is 3. The van der Waals surface area contributed by atoms with Gasteiger partial charge in [0.05, 0.1) is 12.6 Å². The van der Waals surface area contributed by atoms with Gasteiger partial charge in [-0.2, -0.15) is 0 Å². The molecule has 0 amide bonds. The maximum Gasteiger partial charge on any atom is 0.251 e. The predicted molar refractivity (Wildman–Crippen MR) is 73.2 cm³/mol. The van der Waals surface area contributed by atoms with Crippen LogP contribution in [0.15, 0.2) is 23.0 Å². The molecule has 2 aromatic rings. The highest BCUT2D eigenvalue weighted by molar-refractivity contribution is 5.87. The molecule has 0 radical (unpaired) electrons. The van der Waals surface area contributed by atoms with Gasteiger partial charge < -0.3 is 15.5 Å². The lowest BCUT2D eigenvalue weighted by Crippen LogP contribution is -2.23. The number of fused-ring (bicyclic) bond motifs is 1. The van der Waals surface area contributed by atoms with Crippen molar-refractivity contribution in [2.75, 3.05) is 7.11 Å². The summed E-state index contributed by atoms with van der Waals surface area (Å²) in [5.74, 6) is 0.681. The van der Waals surface area contributed by atoms with Crippen LogP contribution in [0.2, 0.25) is 0 Å². The normalized spacial score (nSPS) is 12.7. The van der Waals surface area contributed by atoms with Crippen molar-refractivity contribution in [3.63, 3.8) is 0 Å². The SMILES string of the molecule is COc1ccc(C)c2cc(CC(C)N)c(=O)[nH]c12. The molecule has 0 aliphatic carbocycles. The summed E-state index contributed by atoms with van der Waals surface area (Å²) < 4.78 is 5.26. The summed E-state index contributed by atoms with van der Waals surface area (Å²) >= 11 is 0. The van der Waals surface area contributed by atoms with E-state index in [0.717, 1.165) is 16.5 Å². The van der Waals surface area contributed by atoms with Crippen LogP contribution in [0.3, 0.4) is 0 Å². The van der Waals surface area contributed by atoms with Crippen molar-refractivity contribution in [2.24, 2.45) is 5.73 Å². The third-order valence-corrected chi connectivity index (χ3v) is 3.04. The van der Waals surface area contributed by atoms with Gasteiger partial charge in [-0.25, -0.2) is 0 Å². The summed E-state index contributed by atoms with van der Waals surface area (Å²) in [5.41, 5.74) is 8.23. The molecule has 0 spiro atoms. The van der Waals surface area contributed by atoms with Crippen molar-refractivity contribution in [2.45, 2.75) is 26.3 Å². The number of pyridine rings is 1. The number of H-pyrrole nitrogens is 1. The van der Waals surface area contributed by atoms with Crippen LogP contribution >= 0.6 is 0 Å². The van der Waals surface area contributed by atoms with Crippen LogP contribution < -0.4 is 16.0 Å². The molecular weight excluding hydrogens is 228 g/mol. The summed E-state index contributed by atoms with van der Waals surface area (Å²) in [4.78, 5) is 14.9. The van der Waals surface area contributed by atoms with Crippen LogP contribution in [0, 0.1) is 6.92 Å². The Bertz CT molecular complexity index is 629. The minimum absolute atomic E-state index is 0.0329. The topological polar surface area (TPSA) is 68.1 Å². The summed E-state index contributed by atoms with van der Waals surface area (Å²) in [6.07, 6.45) is 0.571. The van der Waals surface area contributed by atoms with Crippen molar-refractivity contribution in [3.8, 4) is 5.75 Å². The molecule has 0 bridgehead atoms. The van der Waals surface area contributed by atoms with Gasteiger partial charge in [0.1, 0.15) is 5.75 Å². The number of aromatic nitrogens is 1. The van der Waals surface area contributed by atoms with Gasteiger partial charge in [-0.3, -0.25) is 4.79 Å². The first-order valence-corrected chi connectivity index (χ1v) is 5.98. The van der Waals surface area contributed by atoms with Gasteiger partial charge in [0.25, 0.3) is 5.56 Å². The molecule has 0 aliphatic rings. The lowest BCUT2D eigenvalue weighted by Gasteiger charge is -2.10. The fourth-order valence-corrected chi connectivity index (χ4v) is 2.12. The van der Waals surface area contributed by atoms with E-state index in [4.69, 9.17) is 10.5 Å². The van der Waals surface area contributed by atoms with Gasteiger partial charge in [0.15, 0.2) is 0 Å². The zero-order chi connectivity index (χ0) is 13.3. The molecule has 18 heavy (non-hydrogen) atoms. The first-order chi connectivity index (χ1) is 8.52. The molecule has 0 saturated carbocycles. The Morgan fingerprint density at radius 3 is 2.78 bits per heavy atom. The van der Waals surface area contributed by atoms with Gasteiger partial charge in [-0.05, 0) is 38.0 Å². The molecule has 1 heterocycles. The van der Waals surface area contributed by atoms with Crippen LogP contribution in [-0.2, 0) is 6.42 Å². The fraction of sp³-hybridized carbons (Fsp3) is 0.357. The first-order valence-electron chi connectivity index (χ1n) is 5.98. The lowest BCUT2D eigenvalue weighted by molar-refractivity contribution is 0.418. The monoisotopic (exact) mass is 246 g/mol. The van der Waals surface area contributed by atoms with Gasteiger partial charge >= 0.3 is 0 Å². The Kier molecular flexibility index (Phi) is 3.39. The maximum absolute atomic E-state index is 12.0. The second-order valence-corrected chi connectivity index (χ2v) is 4.68. The van der Waals surface area contributed by atoms with Crippen molar-refractivity contribution in [3.05, 3.63) is 39.7 Å². The van der Waals surface area contributed by atoms with E-state index in [2.05, 4.69) is 4.98 Å². The molecule has 0 saturated heterocycles. The largest absolute Gasteiger partial charge is 0.495 e. The third kappa shape index (κ3) is 2.24. The molecule has 0 fully saturated rings. The number of aryl methyl sites for hydroxylation is 1. The summed E-state index contributed by atoms with van der Waals surface area (Å²) in [5, 5.41) is 1.00. The number of nitrogens with one attached hydrogen (secondary N) is 1. The highest BCUT2D eigenvalue weighted by Crippen LogP contribution is 2.25.